The highest BCUT2D eigenvalue weighted by molar-refractivity contribution is 8.00. The SMILES string of the molecule is CC(Sc1cccc(NC(=O)/C(=C\c2ccc(Cl)cc2Cl)NC(=O)c2ccccc2)c1)C(=O)Nc1ccc2c(c1)OCO2. The molecule has 0 radical (unpaired) electrons. The average Bonchev–Trinajstić information content (AvgIpc) is 3.46. The fourth-order valence-electron chi connectivity index (χ4n) is 4.04. The van der Waals surface area contributed by atoms with Crippen molar-refractivity contribution in [2.45, 2.75) is 17.1 Å². The second-order valence-corrected chi connectivity index (χ2v) is 11.6. The molecule has 0 saturated heterocycles. The molecule has 8 nitrogen and oxygen atoms in total. The zero-order valence-electron chi connectivity index (χ0n) is 22.7. The van der Waals surface area contributed by atoms with Gasteiger partial charge in [0.25, 0.3) is 11.8 Å². The number of hydrogen-bond acceptors (Lipinski definition) is 6. The molecule has 3 amide bonds. The lowest BCUT2D eigenvalue weighted by molar-refractivity contribution is -0.115. The van der Waals surface area contributed by atoms with Crippen molar-refractivity contribution in [3.8, 4) is 11.5 Å². The summed E-state index contributed by atoms with van der Waals surface area (Å²) in [5.74, 6) is -0.0156. The second kappa shape index (κ2) is 13.7. The van der Waals surface area contributed by atoms with Gasteiger partial charge in [-0.3, -0.25) is 14.4 Å². The summed E-state index contributed by atoms with van der Waals surface area (Å²) in [6.45, 7) is 1.94. The molecule has 4 aromatic rings. The topological polar surface area (TPSA) is 106 Å². The van der Waals surface area contributed by atoms with E-state index in [1.54, 1.807) is 91.9 Å². The fourth-order valence-corrected chi connectivity index (χ4v) is 5.43. The number of rotatable bonds is 9. The van der Waals surface area contributed by atoms with Gasteiger partial charge in [0.1, 0.15) is 5.70 Å². The van der Waals surface area contributed by atoms with Gasteiger partial charge in [0.05, 0.1) is 5.25 Å². The highest BCUT2D eigenvalue weighted by Crippen LogP contribution is 2.35. The van der Waals surface area contributed by atoms with Gasteiger partial charge in [-0.05, 0) is 73.2 Å². The Labute approximate surface area is 262 Å². The van der Waals surface area contributed by atoms with Crippen molar-refractivity contribution >= 4 is 70.1 Å². The van der Waals surface area contributed by atoms with Crippen molar-refractivity contribution in [3.05, 3.63) is 118 Å². The Morgan fingerprint density at radius 1 is 0.837 bits per heavy atom. The molecule has 0 bridgehead atoms. The molecule has 0 aliphatic carbocycles. The van der Waals surface area contributed by atoms with E-state index in [0.29, 0.717) is 44.0 Å². The zero-order chi connectivity index (χ0) is 30.3. The number of carbonyl (C=O) groups is 3. The van der Waals surface area contributed by atoms with Crippen molar-refractivity contribution in [2.75, 3.05) is 17.4 Å². The number of fused-ring (bicyclic) bond motifs is 1. The van der Waals surface area contributed by atoms with Gasteiger partial charge in [0.15, 0.2) is 11.5 Å². The molecule has 1 aliphatic rings. The summed E-state index contributed by atoms with van der Waals surface area (Å²) in [5.41, 5.74) is 1.93. The number of ether oxygens (including phenoxy) is 2. The number of amides is 3. The molecular formula is C32H25Cl2N3O5S. The molecular weight excluding hydrogens is 609 g/mol. The standard InChI is InChI=1S/C32H25Cl2N3O5S/c1-19(30(38)35-24-12-13-28-29(17-24)42-18-41-28)43-25-9-5-8-23(16-25)36-32(40)27(14-21-10-11-22(33)15-26(21)34)37-31(39)20-6-3-2-4-7-20/h2-17,19H,18H2,1H3,(H,35,38)(H,36,40)(H,37,39)/b27-14+. The number of nitrogens with one attached hydrogen (secondary N) is 3. The Kier molecular flexibility index (Phi) is 9.56. The van der Waals surface area contributed by atoms with Crippen LogP contribution < -0.4 is 25.4 Å². The highest BCUT2D eigenvalue weighted by atomic mass is 35.5. The summed E-state index contributed by atoms with van der Waals surface area (Å²) < 4.78 is 10.7. The first-order chi connectivity index (χ1) is 20.7. The Bertz CT molecular complexity index is 1710. The molecule has 0 fully saturated rings. The van der Waals surface area contributed by atoms with Crippen LogP contribution in [0.3, 0.4) is 0 Å². The summed E-state index contributed by atoms with van der Waals surface area (Å²) in [5, 5.41) is 8.70. The van der Waals surface area contributed by atoms with Crippen molar-refractivity contribution < 1.29 is 23.9 Å². The maximum Gasteiger partial charge on any atom is 0.272 e. The van der Waals surface area contributed by atoms with Gasteiger partial charge >= 0.3 is 0 Å². The van der Waals surface area contributed by atoms with Crippen LogP contribution in [0.1, 0.15) is 22.8 Å². The second-order valence-electron chi connectivity index (χ2n) is 9.34. The van der Waals surface area contributed by atoms with E-state index in [1.165, 1.54) is 17.8 Å². The van der Waals surface area contributed by atoms with Crippen molar-refractivity contribution in [3.63, 3.8) is 0 Å². The number of anilines is 2. The minimum atomic E-state index is -0.564. The Hall–Kier alpha value is -4.44. The molecule has 218 valence electrons. The van der Waals surface area contributed by atoms with Crippen LogP contribution in [0.15, 0.2) is 102 Å². The van der Waals surface area contributed by atoms with Crippen LogP contribution in [0.5, 0.6) is 11.5 Å². The molecule has 0 aromatic heterocycles. The van der Waals surface area contributed by atoms with E-state index in [0.717, 1.165) is 4.90 Å². The van der Waals surface area contributed by atoms with Gasteiger partial charge in [-0.25, -0.2) is 0 Å². The smallest absolute Gasteiger partial charge is 0.272 e. The van der Waals surface area contributed by atoms with Crippen LogP contribution in [-0.2, 0) is 9.59 Å². The third kappa shape index (κ3) is 7.90. The van der Waals surface area contributed by atoms with Crippen LogP contribution in [0.4, 0.5) is 11.4 Å². The number of hydrogen-bond donors (Lipinski definition) is 3. The molecule has 3 N–H and O–H groups in total. The molecule has 43 heavy (non-hydrogen) atoms. The van der Waals surface area contributed by atoms with Gasteiger partial charge < -0.3 is 25.4 Å². The lowest BCUT2D eigenvalue weighted by Crippen LogP contribution is -2.30. The summed E-state index contributed by atoms with van der Waals surface area (Å²) >= 11 is 13.7. The fraction of sp³-hybridized carbons (Fsp3) is 0.0938. The molecule has 1 aliphatic heterocycles. The van der Waals surface area contributed by atoms with Crippen LogP contribution in [-0.4, -0.2) is 29.8 Å². The lowest BCUT2D eigenvalue weighted by Gasteiger charge is -2.14. The first kappa shape index (κ1) is 30.0. The molecule has 1 atom stereocenters. The van der Waals surface area contributed by atoms with E-state index in [2.05, 4.69) is 16.0 Å². The van der Waals surface area contributed by atoms with Crippen LogP contribution in [0.25, 0.3) is 6.08 Å². The molecule has 1 heterocycles. The average molecular weight is 635 g/mol. The summed E-state index contributed by atoms with van der Waals surface area (Å²) in [7, 11) is 0. The van der Waals surface area contributed by atoms with Crippen molar-refractivity contribution in [2.24, 2.45) is 0 Å². The van der Waals surface area contributed by atoms with Gasteiger partial charge in [0.2, 0.25) is 12.7 Å². The zero-order valence-corrected chi connectivity index (χ0v) is 25.1. The largest absolute Gasteiger partial charge is 0.454 e. The number of thioether (sulfide) groups is 1. The van der Waals surface area contributed by atoms with Gasteiger partial charge in [-0.1, -0.05) is 53.5 Å². The van der Waals surface area contributed by atoms with E-state index in [4.69, 9.17) is 32.7 Å². The Morgan fingerprint density at radius 3 is 2.40 bits per heavy atom. The minimum absolute atomic E-state index is 0.0207. The monoisotopic (exact) mass is 633 g/mol. The quantitative estimate of drug-likeness (QED) is 0.132. The Balaban J connectivity index is 1.29. The molecule has 1 unspecified atom stereocenters. The molecule has 11 heteroatoms. The molecule has 4 aromatic carbocycles. The highest BCUT2D eigenvalue weighted by Gasteiger charge is 2.19. The maximum absolute atomic E-state index is 13.4. The first-order valence-corrected chi connectivity index (χ1v) is 14.7. The predicted octanol–water partition coefficient (Wildman–Crippen LogP) is 7.25. The summed E-state index contributed by atoms with van der Waals surface area (Å²) in [4.78, 5) is 40.0. The maximum atomic E-state index is 13.4. The molecule has 0 spiro atoms. The third-order valence-corrected chi connectivity index (χ3v) is 7.86. The van der Waals surface area contributed by atoms with Crippen LogP contribution in [0.2, 0.25) is 10.0 Å². The number of halogens is 2. The summed E-state index contributed by atoms with van der Waals surface area (Å²) in [6, 6.07) is 25.7. The van der Waals surface area contributed by atoms with Gasteiger partial charge in [-0.15, -0.1) is 11.8 Å². The third-order valence-electron chi connectivity index (χ3n) is 6.21. The number of carbonyl (C=O) groups excluding carboxylic acids is 3. The van der Waals surface area contributed by atoms with Crippen molar-refractivity contribution in [1.29, 1.82) is 0 Å². The van der Waals surface area contributed by atoms with Gasteiger partial charge in [-0.2, -0.15) is 0 Å². The molecule has 5 rings (SSSR count). The van der Waals surface area contributed by atoms with Crippen LogP contribution in [0, 0.1) is 0 Å². The van der Waals surface area contributed by atoms with E-state index in [9.17, 15) is 14.4 Å². The van der Waals surface area contributed by atoms with E-state index < -0.39 is 17.1 Å². The number of benzene rings is 4. The van der Waals surface area contributed by atoms with E-state index >= 15 is 0 Å². The van der Waals surface area contributed by atoms with E-state index in [-0.39, 0.29) is 18.4 Å². The van der Waals surface area contributed by atoms with Crippen LogP contribution >= 0.6 is 35.0 Å². The minimum Gasteiger partial charge on any atom is -0.454 e. The Morgan fingerprint density at radius 2 is 1.60 bits per heavy atom. The normalized spacial score (nSPS) is 12.8. The van der Waals surface area contributed by atoms with Crippen molar-refractivity contribution in [1.82, 2.24) is 5.32 Å². The predicted molar refractivity (Wildman–Crippen MR) is 170 cm³/mol. The first-order valence-electron chi connectivity index (χ1n) is 13.1. The lowest BCUT2D eigenvalue weighted by atomic mass is 10.1. The molecule has 0 saturated carbocycles. The van der Waals surface area contributed by atoms with Gasteiger partial charge in [0, 0.05) is 37.9 Å². The van der Waals surface area contributed by atoms with E-state index in [1.807, 2.05) is 6.07 Å². The summed E-state index contributed by atoms with van der Waals surface area (Å²) in [6.07, 6.45) is 1.48.